The van der Waals surface area contributed by atoms with Gasteiger partial charge in [0.2, 0.25) is 5.89 Å². The molecule has 2 aromatic rings. The lowest BCUT2D eigenvalue weighted by Crippen LogP contribution is -2.09. The predicted molar refractivity (Wildman–Crippen MR) is 63.1 cm³/mol. The summed E-state index contributed by atoms with van der Waals surface area (Å²) in [5, 5.41) is 7.97. The van der Waals surface area contributed by atoms with Crippen LogP contribution in [0.5, 0.6) is 0 Å². The van der Waals surface area contributed by atoms with Gasteiger partial charge in [0, 0.05) is 13.5 Å². The van der Waals surface area contributed by atoms with Crippen LogP contribution in [0.25, 0.3) is 0 Å². The van der Waals surface area contributed by atoms with Crippen molar-refractivity contribution < 1.29 is 8.81 Å². The van der Waals surface area contributed by atoms with Gasteiger partial charge < -0.3 is 10.2 Å². The van der Waals surface area contributed by atoms with Crippen molar-refractivity contribution in [1.82, 2.24) is 10.2 Å². The average Bonchev–Trinajstić information content (AvgIpc) is 2.72. The van der Waals surface area contributed by atoms with Crippen molar-refractivity contribution in [3.8, 4) is 0 Å². The zero-order valence-electron chi connectivity index (χ0n) is 9.26. The summed E-state index contributed by atoms with van der Waals surface area (Å²) in [6.45, 7) is 2.09. The molecule has 1 aromatic carbocycles. The normalized spacial score (nSPS) is 12.6. The third kappa shape index (κ3) is 3.04. The van der Waals surface area contributed by atoms with Crippen LogP contribution >= 0.6 is 11.8 Å². The third-order valence-electron chi connectivity index (χ3n) is 2.19. The molecular formula is C11H12FN3OS. The number of halogens is 1. The molecule has 4 nitrogen and oxygen atoms in total. The maximum atomic E-state index is 13.1. The van der Waals surface area contributed by atoms with Crippen LogP contribution in [0.15, 0.2) is 33.9 Å². The molecule has 0 fully saturated rings. The Hall–Kier alpha value is -1.40. The first-order valence-electron chi connectivity index (χ1n) is 5.11. The molecule has 0 aliphatic heterocycles. The second-order valence-corrected chi connectivity index (χ2v) is 4.64. The number of aromatic nitrogens is 2. The largest absolute Gasteiger partial charge is 0.416 e. The fourth-order valence-electron chi connectivity index (χ4n) is 1.41. The Kier molecular flexibility index (Phi) is 3.75. The summed E-state index contributed by atoms with van der Waals surface area (Å²) >= 11 is 1.34. The van der Waals surface area contributed by atoms with Crippen LogP contribution in [0.4, 0.5) is 4.39 Å². The Balaban J connectivity index is 2.16. The molecule has 0 spiro atoms. The summed E-state index contributed by atoms with van der Waals surface area (Å²) in [7, 11) is 0. The number of nitrogens with zero attached hydrogens (tertiary/aromatic N) is 2. The second kappa shape index (κ2) is 5.29. The minimum absolute atomic E-state index is 0.0921. The second-order valence-electron chi connectivity index (χ2n) is 3.48. The van der Waals surface area contributed by atoms with Crippen molar-refractivity contribution in [3.63, 3.8) is 0 Å². The predicted octanol–water partition coefficient (Wildman–Crippen LogP) is 2.31. The van der Waals surface area contributed by atoms with Crippen molar-refractivity contribution in [2.75, 3.05) is 6.54 Å². The van der Waals surface area contributed by atoms with E-state index in [1.807, 2.05) is 6.07 Å². The smallest absolute Gasteiger partial charge is 0.277 e. The van der Waals surface area contributed by atoms with Crippen LogP contribution in [0.3, 0.4) is 0 Å². The minimum Gasteiger partial charge on any atom is -0.416 e. The molecule has 6 heteroatoms. The molecule has 0 bridgehead atoms. The van der Waals surface area contributed by atoms with E-state index in [2.05, 4.69) is 10.2 Å². The lowest BCUT2D eigenvalue weighted by molar-refractivity contribution is 0.428. The highest BCUT2D eigenvalue weighted by atomic mass is 32.2. The van der Waals surface area contributed by atoms with E-state index in [1.54, 1.807) is 13.0 Å². The lowest BCUT2D eigenvalue weighted by atomic mass is 10.1. The van der Waals surface area contributed by atoms with E-state index in [9.17, 15) is 4.39 Å². The maximum Gasteiger partial charge on any atom is 0.277 e. The summed E-state index contributed by atoms with van der Waals surface area (Å²) in [5.41, 5.74) is 6.49. The van der Waals surface area contributed by atoms with E-state index >= 15 is 0 Å². The van der Waals surface area contributed by atoms with Crippen molar-refractivity contribution in [3.05, 3.63) is 41.5 Å². The first-order chi connectivity index (χ1) is 8.19. The Labute approximate surface area is 102 Å². The summed E-state index contributed by atoms with van der Waals surface area (Å²) in [5.74, 6) is 0.228. The van der Waals surface area contributed by atoms with Crippen molar-refractivity contribution >= 4 is 11.8 Å². The van der Waals surface area contributed by atoms with Crippen molar-refractivity contribution in [2.24, 2.45) is 5.73 Å². The first kappa shape index (κ1) is 12.1. The highest BCUT2D eigenvalue weighted by molar-refractivity contribution is 7.99. The van der Waals surface area contributed by atoms with E-state index < -0.39 is 0 Å². The van der Waals surface area contributed by atoms with Gasteiger partial charge in [0.1, 0.15) is 5.82 Å². The molecule has 1 aromatic heterocycles. The van der Waals surface area contributed by atoms with Gasteiger partial charge >= 0.3 is 0 Å². The van der Waals surface area contributed by atoms with Gasteiger partial charge in [-0.2, -0.15) is 0 Å². The Morgan fingerprint density at radius 3 is 2.88 bits per heavy atom. The SMILES string of the molecule is Cc1nnc(SC(CN)c2cccc(F)c2)o1. The standard InChI is InChI=1S/C11H12FN3OS/c1-7-14-15-11(16-7)17-10(6-13)8-3-2-4-9(12)5-8/h2-5,10H,6,13H2,1H3. The van der Waals surface area contributed by atoms with Gasteiger partial charge in [0.15, 0.2) is 0 Å². The van der Waals surface area contributed by atoms with Gasteiger partial charge in [0.05, 0.1) is 5.25 Å². The Morgan fingerprint density at radius 2 is 2.29 bits per heavy atom. The van der Waals surface area contributed by atoms with Crippen molar-refractivity contribution in [2.45, 2.75) is 17.4 Å². The van der Waals surface area contributed by atoms with Gasteiger partial charge in [-0.3, -0.25) is 0 Å². The quantitative estimate of drug-likeness (QED) is 0.847. The molecule has 0 aliphatic carbocycles. The zero-order chi connectivity index (χ0) is 12.3. The number of benzene rings is 1. The fourth-order valence-corrected chi connectivity index (χ4v) is 2.29. The van der Waals surface area contributed by atoms with E-state index in [-0.39, 0.29) is 11.1 Å². The van der Waals surface area contributed by atoms with Gasteiger partial charge in [-0.1, -0.05) is 23.9 Å². The highest BCUT2D eigenvalue weighted by Gasteiger charge is 2.15. The van der Waals surface area contributed by atoms with Crippen LogP contribution in [-0.2, 0) is 0 Å². The van der Waals surface area contributed by atoms with Crippen LogP contribution in [-0.4, -0.2) is 16.7 Å². The van der Waals surface area contributed by atoms with Crippen LogP contribution < -0.4 is 5.73 Å². The van der Waals surface area contributed by atoms with E-state index in [0.29, 0.717) is 17.7 Å². The van der Waals surface area contributed by atoms with E-state index in [0.717, 1.165) is 5.56 Å². The molecule has 0 saturated carbocycles. The highest BCUT2D eigenvalue weighted by Crippen LogP contribution is 2.33. The van der Waals surface area contributed by atoms with Crippen LogP contribution in [0.2, 0.25) is 0 Å². The molecule has 0 aliphatic rings. The minimum atomic E-state index is -0.275. The molecule has 90 valence electrons. The van der Waals surface area contributed by atoms with Crippen LogP contribution in [0, 0.1) is 12.7 Å². The zero-order valence-corrected chi connectivity index (χ0v) is 10.1. The first-order valence-corrected chi connectivity index (χ1v) is 5.99. The summed E-state index contributed by atoms with van der Waals surface area (Å²) in [6, 6.07) is 6.36. The van der Waals surface area contributed by atoms with Crippen LogP contribution in [0.1, 0.15) is 16.7 Å². The van der Waals surface area contributed by atoms with Crippen molar-refractivity contribution in [1.29, 1.82) is 0 Å². The molecule has 0 radical (unpaired) electrons. The average molecular weight is 253 g/mol. The summed E-state index contributed by atoms with van der Waals surface area (Å²) in [4.78, 5) is 0. The number of nitrogens with two attached hydrogens (primary N) is 1. The Morgan fingerprint density at radius 1 is 1.47 bits per heavy atom. The summed E-state index contributed by atoms with van der Waals surface area (Å²) < 4.78 is 18.4. The molecule has 2 N–H and O–H groups in total. The number of hydrogen-bond donors (Lipinski definition) is 1. The molecular weight excluding hydrogens is 241 g/mol. The van der Waals surface area contributed by atoms with Gasteiger partial charge in [-0.15, -0.1) is 10.2 Å². The molecule has 0 amide bonds. The van der Waals surface area contributed by atoms with Gasteiger partial charge in [0.25, 0.3) is 5.22 Å². The molecule has 17 heavy (non-hydrogen) atoms. The number of rotatable bonds is 4. The number of thioether (sulfide) groups is 1. The van der Waals surface area contributed by atoms with Gasteiger partial charge in [-0.05, 0) is 17.7 Å². The molecule has 2 rings (SSSR count). The van der Waals surface area contributed by atoms with E-state index in [1.165, 1.54) is 23.9 Å². The summed E-state index contributed by atoms with van der Waals surface area (Å²) in [6.07, 6.45) is 0. The molecule has 1 unspecified atom stereocenters. The fraction of sp³-hybridized carbons (Fsp3) is 0.273. The van der Waals surface area contributed by atoms with E-state index in [4.69, 9.17) is 10.2 Å². The maximum absolute atomic E-state index is 13.1. The lowest BCUT2D eigenvalue weighted by Gasteiger charge is -2.11. The molecule has 1 atom stereocenters. The third-order valence-corrected chi connectivity index (χ3v) is 3.30. The monoisotopic (exact) mass is 253 g/mol. The Bertz CT molecular complexity index is 503. The topological polar surface area (TPSA) is 64.9 Å². The number of hydrogen-bond acceptors (Lipinski definition) is 5. The molecule has 1 heterocycles. The molecule has 0 saturated heterocycles. The van der Waals surface area contributed by atoms with Gasteiger partial charge in [-0.25, -0.2) is 4.39 Å². The number of aryl methyl sites for hydroxylation is 1.